The highest BCUT2D eigenvalue weighted by Gasteiger charge is 2.19. The summed E-state index contributed by atoms with van der Waals surface area (Å²) in [5.41, 5.74) is -0.0471. The minimum Gasteiger partial charge on any atom is -0.493 e. The second-order valence-corrected chi connectivity index (χ2v) is 5.23. The van der Waals surface area contributed by atoms with E-state index in [-0.39, 0.29) is 22.7 Å². The van der Waals surface area contributed by atoms with Gasteiger partial charge in [-0.05, 0) is 37.3 Å². The average molecular weight is 365 g/mol. The maximum absolute atomic E-state index is 13.6. The van der Waals surface area contributed by atoms with Crippen molar-refractivity contribution in [3.8, 4) is 11.5 Å². The summed E-state index contributed by atoms with van der Waals surface area (Å²) >= 11 is 0. The van der Waals surface area contributed by atoms with E-state index in [1.165, 1.54) is 39.3 Å². The maximum Gasteiger partial charge on any atom is 0.337 e. The number of rotatable bonds is 6. The molecule has 0 unspecified atom stereocenters. The van der Waals surface area contributed by atoms with Crippen LogP contribution >= 0.6 is 0 Å². The van der Waals surface area contributed by atoms with Crippen LogP contribution in [0, 0.1) is 11.6 Å². The number of amides is 1. The number of methoxy groups -OCH3 is 2. The monoisotopic (exact) mass is 365 g/mol. The Balaban J connectivity index is 2.13. The first-order valence-electron chi connectivity index (χ1n) is 7.54. The van der Waals surface area contributed by atoms with Crippen LogP contribution in [0.1, 0.15) is 17.3 Å². The summed E-state index contributed by atoms with van der Waals surface area (Å²) in [6.45, 7) is 1.43. The Morgan fingerprint density at radius 3 is 2.42 bits per heavy atom. The molecule has 2 aromatic rings. The number of ether oxygens (including phenoxy) is 3. The van der Waals surface area contributed by atoms with Gasteiger partial charge in [-0.25, -0.2) is 13.6 Å². The van der Waals surface area contributed by atoms with Crippen LogP contribution in [0.2, 0.25) is 0 Å². The van der Waals surface area contributed by atoms with Crippen LogP contribution in [0.5, 0.6) is 11.5 Å². The van der Waals surface area contributed by atoms with Crippen LogP contribution in [0.25, 0.3) is 0 Å². The zero-order valence-electron chi connectivity index (χ0n) is 14.3. The Labute approximate surface area is 148 Å². The molecule has 0 heterocycles. The zero-order chi connectivity index (χ0) is 19.3. The second-order valence-electron chi connectivity index (χ2n) is 5.23. The fourth-order valence-corrected chi connectivity index (χ4v) is 2.08. The molecule has 26 heavy (non-hydrogen) atoms. The van der Waals surface area contributed by atoms with Gasteiger partial charge >= 0.3 is 5.97 Å². The number of halogens is 2. The molecule has 1 amide bonds. The standard InChI is InChI=1S/C18H17F2NO5/c1-10(17(22)21-14-9-12(19)5-6-13(14)20)26-15-7-4-11(18(23)25-3)8-16(15)24-2/h4-10H,1-3H3,(H,21,22)/t10-/m1/s1. The van der Waals surface area contributed by atoms with Gasteiger partial charge in [0.15, 0.2) is 17.6 Å². The molecule has 1 N–H and O–H groups in total. The molecule has 0 fully saturated rings. The molecule has 0 spiro atoms. The SMILES string of the molecule is COC(=O)c1ccc(O[C@H](C)C(=O)Nc2cc(F)ccc2F)c(OC)c1. The molecule has 0 aromatic heterocycles. The number of benzene rings is 2. The summed E-state index contributed by atoms with van der Waals surface area (Å²) in [6.07, 6.45) is -1.05. The largest absolute Gasteiger partial charge is 0.493 e. The van der Waals surface area contributed by atoms with Crippen molar-refractivity contribution in [3.05, 3.63) is 53.6 Å². The molecule has 0 radical (unpaired) electrons. The number of carbonyl (C=O) groups excluding carboxylic acids is 2. The van der Waals surface area contributed by atoms with Crippen molar-refractivity contribution in [1.82, 2.24) is 0 Å². The van der Waals surface area contributed by atoms with E-state index in [9.17, 15) is 18.4 Å². The van der Waals surface area contributed by atoms with Crippen molar-refractivity contribution in [2.24, 2.45) is 0 Å². The smallest absolute Gasteiger partial charge is 0.337 e. The van der Waals surface area contributed by atoms with E-state index in [1.54, 1.807) is 0 Å². The maximum atomic E-state index is 13.6. The van der Waals surface area contributed by atoms with E-state index < -0.39 is 29.6 Å². The van der Waals surface area contributed by atoms with Crippen molar-refractivity contribution in [2.45, 2.75) is 13.0 Å². The Kier molecular flexibility index (Phi) is 6.11. The molecule has 0 bridgehead atoms. The fraction of sp³-hybridized carbons (Fsp3) is 0.222. The zero-order valence-corrected chi connectivity index (χ0v) is 14.3. The average Bonchev–Trinajstić information content (AvgIpc) is 2.64. The van der Waals surface area contributed by atoms with Crippen LogP contribution in [0.15, 0.2) is 36.4 Å². The van der Waals surface area contributed by atoms with E-state index in [1.807, 2.05) is 0 Å². The Morgan fingerprint density at radius 1 is 1.04 bits per heavy atom. The third-order valence-electron chi connectivity index (χ3n) is 3.44. The summed E-state index contributed by atoms with van der Waals surface area (Å²) < 4.78 is 42.0. The van der Waals surface area contributed by atoms with E-state index >= 15 is 0 Å². The first-order valence-corrected chi connectivity index (χ1v) is 7.54. The van der Waals surface area contributed by atoms with Crippen molar-refractivity contribution >= 4 is 17.6 Å². The van der Waals surface area contributed by atoms with Gasteiger partial charge in [-0.2, -0.15) is 0 Å². The second kappa shape index (κ2) is 8.28. The number of anilines is 1. The third kappa shape index (κ3) is 4.47. The van der Waals surface area contributed by atoms with Gasteiger partial charge in [-0.3, -0.25) is 4.79 Å². The summed E-state index contributed by atoms with van der Waals surface area (Å²) in [5.74, 6) is -2.29. The molecular formula is C18H17F2NO5. The molecule has 1 atom stereocenters. The molecule has 8 heteroatoms. The minimum absolute atomic E-state index is 0.197. The van der Waals surface area contributed by atoms with E-state index in [0.717, 1.165) is 18.2 Å². The van der Waals surface area contributed by atoms with Crippen LogP contribution in [0.3, 0.4) is 0 Å². The lowest BCUT2D eigenvalue weighted by Crippen LogP contribution is -2.30. The Morgan fingerprint density at radius 2 is 1.77 bits per heavy atom. The predicted molar refractivity (Wildman–Crippen MR) is 89.4 cm³/mol. The Bertz CT molecular complexity index is 825. The molecular weight excluding hydrogens is 348 g/mol. The number of hydrogen-bond acceptors (Lipinski definition) is 5. The Hall–Kier alpha value is -3.16. The summed E-state index contributed by atoms with van der Waals surface area (Å²) in [5, 5.41) is 2.25. The first kappa shape index (κ1) is 19.2. The van der Waals surface area contributed by atoms with Crippen molar-refractivity contribution in [2.75, 3.05) is 19.5 Å². The molecule has 0 aliphatic carbocycles. The van der Waals surface area contributed by atoms with Crippen LogP contribution in [0.4, 0.5) is 14.5 Å². The van der Waals surface area contributed by atoms with Crippen molar-refractivity contribution < 1.29 is 32.6 Å². The van der Waals surface area contributed by atoms with Gasteiger partial charge in [-0.1, -0.05) is 0 Å². The van der Waals surface area contributed by atoms with Crippen LogP contribution in [-0.2, 0) is 9.53 Å². The van der Waals surface area contributed by atoms with Gasteiger partial charge in [0, 0.05) is 6.07 Å². The number of nitrogens with one attached hydrogen (secondary N) is 1. The molecule has 0 saturated heterocycles. The fourth-order valence-electron chi connectivity index (χ4n) is 2.08. The topological polar surface area (TPSA) is 73.9 Å². The van der Waals surface area contributed by atoms with Crippen molar-refractivity contribution in [3.63, 3.8) is 0 Å². The molecule has 6 nitrogen and oxygen atoms in total. The lowest BCUT2D eigenvalue weighted by molar-refractivity contribution is -0.122. The first-order chi connectivity index (χ1) is 12.3. The van der Waals surface area contributed by atoms with Gasteiger partial charge < -0.3 is 19.5 Å². The minimum atomic E-state index is -1.05. The normalized spacial score (nSPS) is 11.4. The van der Waals surface area contributed by atoms with Gasteiger partial charge in [0.05, 0.1) is 25.5 Å². The summed E-state index contributed by atoms with van der Waals surface area (Å²) in [4.78, 5) is 23.7. The quantitative estimate of drug-likeness (QED) is 0.796. The van der Waals surface area contributed by atoms with Gasteiger partial charge in [0.2, 0.25) is 0 Å². The highest BCUT2D eigenvalue weighted by atomic mass is 19.1. The highest BCUT2D eigenvalue weighted by molar-refractivity contribution is 5.94. The summed E-state index contributed by atoms with van der Waals surface area (Å²) in [6, 6.07) is 7.01. The number of hydrogen-bond donors (Lipinski definition) is 1. The van der Waals surface area contributed by atoms with Gasteiger partial charge in [0.25, 0.3) is 5.91 Å². The molecule has 0 saturated carbocycles. The third-order valence-corrected chi connectivity index (χ3v) is 3.44. The predicted octanol–water partition coefficient (Wildman–Crippen LogP) is 3.17. The molecule has 2 rings (SSSR count). The van der Waals surface area contributed by atoms with E-state index in [4.69, 9.17) is 9.47 Å². The summed E-state index contributed by atoms with van der Waals surface area (Å²) in [7, 11) is 2.62. The molecule has 0 aliphatic rings. The number of carbonyl (C=O) groups is 2. The molecule has 0 aliphatic heterocycles. The lowest BCUT2D eigenvalue weighted by atomic mass is 10.2. The highest BCUT2D eigenvalue weighted by Crippen LogP contribution is 2.29. The van der Waals surface area contributed by atoms with Gasteiger partial charge in [0.1, 0.15) is 11.6 Å². The van der Waals surface area contributed by atoms with Crippen LogP contribution < -0.4 is 14.8 Å². The van der Waals surface area contributed by atoms with E-state index in [2.05, 4.69) is 10.1 Å². The number of esters is 1. The van der Waals surface area contributed by atoms with E-state index in [0.29, 0.717) is 0 Å². The molecule has 2 aromatic carbocycles. The molecule has 138 valence electrons. The van der Waals surface area contributed by atoms with Gasteiger partial charge in [-0.15, -0.1) is 0 Å². The van der Waals surface area contributed by atoms with Crippen LogP contribution in [-0.4, -0.2) is 32.2 Å². The van der Waals surface area contributed by atoms with Crippen molar-refractivity contribution in [1.29, 1.82) is 0 Å². The lowest BCUT2D eigenvalue weighted by Gasteiger charge is -2.17.